The van der Waals surface area contributed by atoms with E-state index < -0.39 is 0 Å². The molecule has 0 aliphatic heterocycles. The minimum atomic E-state index is -0.0292. The molecule has 1 rings (SSSR count). The molecule has 1 N–H and O–H groups in total. The topological polar surface area (TPSA) is 32.3 Å². The normalized spacial score (nSPS) is 11.8. The van der Waals surface area contributed by atoms with Gasteiger partial charge in [0.15, 0.2) is 0 Å². The molecule has 0 saturated carbocycles. The van der Waals surface area contributed by atoms with Crippen molar-refractivity contribution in [2.45, 2.75) is 25.8 Å². The second kappa shape index (κ2) is 7.19. The smallest absolute Gasteiger partial charge is 0.253 e. The number of halogens is 1. The third kappa shape index (κ3) is 4.60. The standard InChI is InChI=1S/C15H21ClN2O/c1-5-6-7-11(2)17-14-10-12(8-9-13(14)16)15(19)18(3)4/h5,8-11,17H,1,6-7H2,2-4H3. The summed E-state index contributed by atoms with van der Waals surface area (Å²) in [6.45, 7) is 5.79. The van der Waals surface area contributed by atoms with E-state index in [0.717, 1.165) is 18.5 Å². The molecule has 1 aromatic carbocycles. The van der Waals surface area contributed by atoms with Crippen molar-refractivity contribution >= 4 is 23.2 Å². The average Bonchev–Trinajstić information content (AvgIpc) is 2.38. The van der Waals surface area contributed by atoms with Gasteiger partial charge >= 0.3 is 0 Å². The van der Waals surface area contributed by atoms with Gasteiger partial charge in [0.25, 0.3) is 5.91 Å². The van der Waals surface area contributed by atoms with Crippen LogP contribution in [0.2, 0.25) is 5.02 Å². The maximum Gasteiger partial charge on any atom is 0.253 e. The number of carbonyl (C=O) groups is 1. The van der Waals surface area contributed by atoms with Crippen LogP contribution < -0.4 is 5.32 Å². The monoisotopic (exact) mass is 280 g/mol. The van der Waals surface area contributed by atoms with Gasteiger partial charge in [0.05, 0.1) is 10.7 Å². The predicted molar refractivity (Wildman–Crippen MR) is 82.0 cm³/mol. The van der Waals surface area contributed by atoms with Crippen molar-refractivity contribution < 1.29 is 4.79 Å². The molecule has 19 heavy (non-hydrogen) atoms. The van der Waals surface area contributed by atoms with Crippen LogP contribution in [-0.4, -0.2) is 30.9 Å². The first-order valence-corrected chi connectivity index (χ1v) is 6.72. The number of hydrogen-bond donors (Lipinski definition) is 1. The van der Waals surface area contributed by atoms with Gasteiger partial charge in [-0.05, 0) is 38.0 Å². The quantitative estimate of drug-likeness (QED) is 0.804. The Kier molecular flexibility index (Phi) is 5.90. The van der Waals surface area contributed by atoms with Crippen molar-refractivity contribution in [1.82, 2.24) is 4.90 Å². The molecule has 0 aromatic heterocycles. The minimum absolute atomic E-state index is 0.0292. The van der Waals surface area contributed by atoms with Crippen molar-refractivity contribution in [2.75, 3.05) is 19.4 Å². The highest BCUT2D eigenvalue weighted by Crippen LogP contribution is 2.24. The summed E-state index contributed by atoms with van der Waals surface area (Å²) >= 11 is 6.15. The van der Waals surface area contributed by atoms with Gasteiger partial charge in [-0.2, -0.15) is 0 Å². The summed E-state index contributed by atoms with van der Waals surface area (Å²) in [5.74, 6) is -0.0292. The molecular formula is C15H21ClN2O. The zero-order valence-electron chi connectivity index (χ0n) is 11.7. The Hall–Kier alpha value is -1.48. The molecule has 0 heterocycles. The Labute approximate surface area is 120 Å². The van der Waals surface area contributed by atoms with Crippen molar-refractivity contribution in [3.8, 4) is 0 Å². The first kappa shape index (κ1) is 15.6. The Bertz CT molecular complexity index is 457. The fourth-order valence-electron chi connectivity index (χ4n) is 1.73. The zero-order chi connectivity index (χ0) is 14.4. The summed E-state index contributed by atoms with van der Waals surface area (Å²) in [5.41, 5.74) is 1.43. The van der Waals surface area contributed by atoms with Gasteiger partial charge in [-0.25, -0.2) is 0 Å². The van der Waals surface area contributed by atoms with Gasteiger partial charge < -0.3 is 10.2 Å². The number of benzene rings is 1. The number of nitrogens with zero attached hydrogens (tertiary/aromatic N) is 1. The highest BCUT2D eigenvalue weighted by atomic mass is 35.5. The molecule has 0 aliphatic rings. The van der Waals surface area contributed by atoms with Gasteiger partial charge in [0, 0.05) is 25.7 Å². The average molecular weight is 281 g/mol. The lowest BCUT2D eigenvalue weighted by Crippen LogP contribution is -2.22. The van der Waals surface area contributed by atoms with Crippen LogP contribution in [0.4, 0.5) is 5.69 Å². The van der Waals surface area contributed by atoms with Crippen LogP contribution in [-0.2, 0) is 0 Å². The highest BCUT2D eigenvalue weighted by Gasteiger charge is 2.11. The molecule has 3 nitrogen and oxygen atoms in total. The summed E-state index contributed by atoms with van der Waals surface area (Å²) in [7, 11) is 3.47. The lowest BCUT2D eigenvalue weighted by atomic mass is 10.1. The molecule has 1 amide bonds. The molecule has 0 bridgehead atoms. The number of allylic oxidation sites excluding steroid dienone is 1. The summed E-state index contributed by atoms with van der Waals surface area (Å²) in [6, 6.07) is 5.57. The SMILES string of the molecule is C=CCCC(C)Nc1cc(C(=O)N(C)C)ccc1Cl. The number of anilines is 1. The van der Waals surface area contributed by atoms with Crippen molar-refractivity contribution in [2.24, 2.45) is 0 Å². The molecule has 1 aromatic rings. The van der Waals surface area contributed by atoms with Crippen LogP contribution >= 0.6 is 11.6 Å². The molecule has 0 spiro atoms. The summed E-state index contributed by atoms with van der Waals surface area (Å²) in [6.07, 6.45) is 3.82. The molecular weight excluding hydrogens is 260 g/mol. The van der Waals surface area contributed by atoms with E-state index in [4.69, 9.17) is 11.6 Å². The van der Waals surface area contributed by atoms with E-state index in [-0.39, 0.29) is 11.9 Å². The number of carbonyl (C=O) groups excluding carboxylic acids is 1. The Morgan fingerprint density at radius 3 is 2.79 bits per heavy atom. The van der Waals surface area contributed by atoms with Crippen molar-refractivity contribution in [1.29, 1.82) is 0 Å². The van der Waals surface area contributed by atoms with E-state index in [1.807, 2.05) is 6.08 Å². The van der Waals surface area contributed by atoms with Gasteiger partial charge in [-0.15, -0.1) is 6.58 Å². The summed E-state index contributed by atoms with van der Waals surface area (Å²) in [4.78, 5) is 13.5. The highest BCUT2D eigenvalue weighted by molar-refractivity contribution is 6.33. The molecule has 0 radical (unpaired) electrons. The largest absolute Gasteiger partial charge is 0.381 e. The fourth-order valence-corrected chi connectivity index (χ4v) is 1.90. The number of nitrogens with one attached hydrogen (secondary N) is 1. The lowest BCUT2D eigenvalue weighted by molar-refractivity contribution is 0.0827. The second-order valence-corrected chi connectivity index (χ2v) is 5.21. The van der Waals surface area contributed by atoms with Crippen LogP contribution in [0.5, 0.6) is 0 Å². The molecule has 0 saturated heterocycles. The first-order valence-electron chi connectivity index (χ1n) is 6.34. The number of rotatable bonds is 6. The van der Waals surface area contributed by atoms with Gasteiger partial charge in [-0.3, -0.25) is 4.79 Å². The van der Waals surface area contributed by atoms with Crippen LogP contribution in [0.15, 0.2) is 30.9 Å². The van der Waals surface area contributed by atoms with E-state index in [1.165, 1.54) is 0 Å². The molecule has 1 atom stereocenters. The summed E-state index contributed by atoms with van der Waals surface area (Å²) in [5, 5.41) is 3.95. The van der Waals surface area contributed by atoms with Crippen LogP contribution in [0.1, 0.15) is 30.1 Å². The second-order valence-electron chi connectivity index (χ2n) is 4.81. The van der Waals surface area contributed by atoms with E-state index in [2.05, 4.69) is 18.8 Å². The van der Waals surface area contributed by atoms with Crippen LogP contribution in [0.25, 0.3) is 0 Å². The Morgan fingerprint density at radius 1 is 1.53 bits per heavy atom. The van der Waals surface area contributed by atoms with E-state index in [9.17, 15) is 4.79 Å². The first-order chi connectivity index (χ1) is 8.95. The van der Waals surface area contributed by atoms with Crippen LogP contribution in [0.3, 0.4) is 0 Å². The number of hydrogen-bond acceptors (Lipinski definition) is 2. The predicted octanol–water partition coefficient (Wildman–Crippen LogP) is 3.81. The van der Waals surface area contributed by atoms with E-state index in [0.29, 0.717) is 10.6 Å². The zero-order valence-corrected chi connectivity index (χ0v) is 12.5. The van der Waals surface area contributed by atoms with Crippen LogP contribution in [0, 0.1) is 0 Å². The summed E-state index contributed by atoms with van der Waals surface area (Å²) < 4.78 is 0. The maximum atomic E-state index is 11.9. The fraction of sp³-hybridized carbons (Fsp3) is 0.400. The molecule has 0 aliphatic carbocycles. The van der Waals surface area contributed by atoms with Crippen molar-refractivity contribution in [3.05, 3.63) is 41.4 Å². The third-order valence-electron chi connectivity index (χ3n) is 2.83. The van der Waals surface area contributed by atoms with Crippen molar-refractivity contribution in [3.63, 3.8) is 0 Å². The van der Waals surface area contributed by atoms with Gasteiger partial charge in [0.1, 0.15) is 0 Å². The molecule has 4 heteroatoms. The van der Waals surface area contributed by atoms with E-state index >= 15 is 0 Å². The van der Waals surface area contributed by atoms with E-state index in [1.54, 1.807) is 37.2 Å². The molecule has 104 valence electrons. The third-order valence-corrected chi connectivity index (χ3v) is 3.15. The number of amides is 1. The van der Waals surface area contributed by atoms with Gasteiger partial charge in [0.2, 0.25) is 0 Å². The molecule has 1 unspecified atom stereocenters. The Morgan fingerprint density at radius 2 is 2.21 bits per heavy atom. The lowest BCUT2D eigenvalue weighted by Gasteiger charge is -2.17. The van der Waals surface area contributed by atoms with Gasteiger partial charge in [-0.1, -0.05) is 17.7 Å². The minimum Gasteiger partial charge on any atom is -0.381 e. The maximum absolute atomic E-state index is 11.9. The molecule has 0 fully saturated rings. The Balaban J connectivity index is 2.85.